The van der Waals surface area contributed by atoms with Gasteiger partial charge in [-0.25, -0.2) is 0 Å². The lowest BCUT2D eigenvalue weighted by atomic mass is 9.58. The van der Waals surface area contributed by atoms with Gasteiger partial charge in [-0.1, -0.05) is 13.3 Å². The number of ether oxygens (including phenoxy) is 1. The molecule has 0 bridgehead atoms. The van der Waals surface area contributed by atoms with Crippen molar-refractivity contribution in [3.05, 3.63) is 0 Å². The predicted octanol–water partition coefficient (Wildman–Crippen LogP) is 0.892. The van der Waals surface area contributed by atoms with Crippen molar-refractivity contribution in [2.75, 3.05) is 19.7 Å². The first-order valence-electron chi connectivity index (χ1n) is 7.89. The van der Waals surface area contributed by atoms with Crippen molar-refractivity contribution in [2.45, 2.75) is 64.2 Å². The molecule has 3 N–H and O–H groups in total. The monoisotopic (exact) mass is 284 g/mol. The van der Waals surface area contributed by atoms with Crippen LogP contribution in [-0.2, 0) is 9.53 Å². The van der Waals surface area contributed by atoms with Crippen LogP contribution >= 0.6 is 0 Å². The fraction of sp³-hybridized carbons (Fsp3) is 0.933. The predicted molar refractivity (Wildman–Crippen MR) is 77.2 cm³/mol. The smallest absolute Gasteiger partial charge is 0.239 e. The maximum Gasteiger partial charge on any atom is 0.239 e. The maximum absolute atomic E-state index is 12.2. The summed E-state index contributed by atoms with van der Waals surface area (Å²) in [7, 11) is 0. The zero-order chi connectivity index (χ0) is 14.8. The van der Waals surface area contributed by atoms with Crippen molar-refractivity contribution in [3.8, 4) is 0 Å². The average Bonchev–Trinajstić information content (AvgIpc) is 2.47. The van der Waals surface area contributed by atoms with Crippen molar-refractivity contribution >= 4 is 5.91 Å². The summed E-state index contributed by atoms with van der Waals surface area (Å²) < 4.78 is 5.74. The van der Waals surface area contributed by atoms with E-state index in [0.29, 0.717) is 19.7 Å². The third-order valence-corrected chi connectivity index (χ3v) is 5.03. The fourth-order valence-corrected chi connectivity index (χ4v) is 3.63. The topological polar surface area (TPSA) is 75.8 Å². The van der Waals surface area contributed by atoms with Gasteiger partial charge in [0.1, 0.15) is 0 Å². The molecule has 0 aromatic carbocycles. The minimum absolute atomic E-state index is 0.0588. The summed E-state index contributed by atoms with van der Waals surface area (Å²) in [6.45, 7) is 6.09. The van der Waals surface area contributed by atoms with E-state index in [2.05, 4.69) is 0 Å². The van der Waals surface area contributed by atoms with Gasteiger partial charge < -0.3 is 20.5 Å². The number of likely N-dealkylation sites (tertiary alicyclic amines) is 1. The number of aliphatic hydroxyl groups excluding tert-OH is 1. The van der Waals surface area contributed by atoms with Gasteiger partial charge in [0.05, 0.1) is 18.2 Å². The van der Waals surface area contributed by atoms with Crippen molar-refractivity contribution < 1.29 is 14.6 Å². The number of piperidine rings is 1. The van der Waals surface area contributed by atoms with Crippen LogP contribution < -0.4 is 5.73 Å². The van der Waals surface area contributed by atoms with E-state index in [9.17, 15) is 9.90 Å². The summed E-state index contributed by atoms with van der Waals surface area (Å²) in [5.41, 5.74) is 5.79. The van der Waals surface area contributed by atoms with Gasteiger partial charge >= 0.3 is 0 Å². The molecule has 116 valence electrons. The molecule has 1 saturated heterocycles. The Hall–Kier alpha value is -0.650. The van der Waals surface area contributed by atoms with Crippen molar-refractivity contribution in [3.63, 3.8) is 0 Å². The zero-order valence-electron chi connectivity index (χ0n) is 12.7. The van der Waals surface area contributed by atoms with Crippen LogP contribution in [0.1, 0.15) is 46.0 Å². The average molecular weight is 284 g/mol. The SMILES string of the molecule is CCCC(N)C(=O)N1CCC2(CC1)C(O)CC2OCC. The number of rotatable bonds is 5. The summed E-state index contributed by atoms with van der Waals surface area (Å²) >= 11 is 0. The Balaban J connectivity index is 1.90. The quantitative estimate of drug-likeness (QED) is 0.786. The Bertz CT molecular complexity index is 338. The summed E-state index contributed by atoms with van der Waals surface area (Å²) in [5.74, 6) is 0.0588. The fourth-order valence-electron chi connectivity index (χ4n) is 3.63. The molecule has 1 aliphatic heterocycles. The minimum Gasteiger partial charge on any atom is -0.392 e. The standard InChI is InChI=1S/C15H28N2O3/c1-3-5-11(16)14(19)17-8-6-15(7-9-17)12(18)10-13(15)20-4-2/h11-13,18H,3-10,16H2,1-2H3. The van der Waals surface area contributed by atoms with E-state index in [4.69, 9.17) is 10.5 Å². The van der Waals surface area contributed by atoms with E-state index in [1.54, 1.807) is 0 Å². The molecule has 3 unspecified atom stereocenters. The number of amides is 1. The second-order valence-corrected chi connectivity index (χ2v) is 6.15. The number of carbonyl (C=O) groups is 1. The summed E-state index contributed by atoms with van der Waals surface area (Å²) in [6.07, 6.45) is 3.93. The van der Waals surface area contributed by atoms with Gasteiger partial charge in [0.15, 0.2) is 0 Å². The first-order valence-corrected chi connectivity index (χ1v) is 7.89. The van der Waals surface area contributed by atoms with E-state index < -0.39 is 0 Å². The van der Waals surface area contributed by atoms with E-state index in [1.807, 2.05) is 18.7 Å². The molecule has 0 radical (unpaired) electrons. The number of aliphatic hydroxyl groups is 1. The second kappa shape index (κ2) is 6.41. The highest BCUT2D eigenvalue weighted by Crippen LogP contribution is 2.50. The summed E-state index contributed by atoms with van der Waals surface area (Å²) in [6, 6.07) is -0.372. The minimum atomic E-state index is -0.372. The van der Waals surface area contributed by atoms with Crippen LogP contribution in [0, 0.1) is 5.41 Å². The molecular weight excluding hydrogens is 256 g/mol. The highest BCUT2D eigenvalue weighted by molar-refractivity contribution is 5.81. The van der Waals surface area contributed by atoms with Gasteiger partial charge in [0.2, 0.25) is 5.91 Å². The number of hydrogen-bond donors (Lipinski definition) is 2. The molecule has 0 aromatic heterocycles. The lowest BCUT2D eigenvalue weighted by molar-refractivity contribution is -0.210. The van der Waals surface area contributed by atoms with Crippen LogP contribution in [0.5, 0.6) is 0 Å². The van der Waals surface area contributed by atoms with Crippen LogP contribution in [-0.4, -0.2) is 53.9 Å². The molecular formula is C15H28N2O3. The Morgan fingerprint density at radius 1 is 1.45 bits per heavy atom. The van der Waals surface area contributed by atoms with Crippen LogP contribution in [0.15, 0.2) is 0 Å². The van der Waals surface area contributed by atoms with E-state index in [0.717, 1.165) is 32.1 Å². The normalized spacial score (nSPS) is 30.1. The first kappa shape index (κ1) is 15.7. The molecule has 2 fully saturated rings. The molecule has 1 spiro atoms. The van der Waals surface area contributed by atoms with Crippen LogP contribution in [0.4, 0.5) is 0 Å². The lowest BCUT2D eigenvalue weighted by Gasteiger charge is -2.56. The number of nitrogens with two attached hydrogens (primary N) is 1. The number of nitrogens with zero attached hydrogens (tertiary/aromatic N) is 1. The molecule has 3 atom stereocenters. The van der Waals surface area contributed by atoms with Crippen LogP contribution in [0.2, 0.25) is 0 Å². The highest BCUT2D eigenvalue weighted by atomic mass is 16.5. The second-order valence-electron chi connectivity index (χ2n) is 6.15. The Morgan fingerprint density at radius 3 is 2.60 bits per heavy atom. The Labute approximate surface area is 121 Å². The Kier molecular flexibility index (Phi) is 5.04. The maximum atomic E-state index is 12.2. The molecule has 2 rings (SSSR count). The van der Waals surface area contributed by atoms with Crippen molar-refractivity contribution in [2.24, 2.45) is 11.1 Å². The highest BCUT2D eigenvalue weighted by Gasteiger charge is 2.56. The van der Waals surface area contributed by atoms with Gasteiger partial charge in [-0.15, -0.1) is 0 Å². The summed E-state index contributed by atoms with van der Waals surface area (Å²) in [4.78, 5) is 14.1. The number of carbonyl (C=O) groups excluding carboxylic acids is 1. The van der Waals surface area contributed by atoms with E-state index >= 15 is 0 Å². The van der Waals surface area contributed by atoms with Crippen molar-refractivity contribution in [1.82, 2.24) is 4.90 Å². The van der Waals surface area contributed by atoms with Crippen LogP contribution in [0.25, 0.3) is 0 Å². The molecule has 1 aliphatic carbocycles. The molecule has 2 aliphatic rings. The van der Waals surface area contributed by atoms with Gasteiger partial charge in [0, 0.05) is 31.5 Å². The first-order chi connectivity index (χ1) is 9.55. The third kappa shape index (κ3) is 2.71. The van der Waals surface area contributed by atoms with E-state index in [-0.39, 0.29) is 29.6 Å². The van der Waals surface area contributed by atoms with Crippen molar-refractivity contribution in [1.29, 1.82) is 0 Å². The van der Waals surface area contributed by atoms with Crippen LogP contribution in [0.3, 0.4) is 0 Å². The molecule has 5 nitrogen and oxygen atoms in total. The van der Waals surface area contributed by atoms with Gasteiger partial charge in [-0.3, -0.25) is 4.79 Å². The molecule has 20 heavy (non-hydrogen) atoms. The number of hydrogen-bond acceptors (Lipinski definition) is 4. The molecule has 5 heteroatoms. The Morgan fingerprint density at radius 2 is 2.10 bits per heavy atom. The molecule has 1 saturated carbocycles. The lowest BCUT2D eigenvalue weighted by Crippen LogP contribution is -2.63. The van der Waals surface area contributed by atoms with Gasteiger partial charge in [-0.2, -0.15) is 0 Å². The zero-order valence-corrected chi connectivity index (χ0v) is 12.7. The third-order valence-electron chi connectivity index (χ3n) is 5.03. The molecule has 1 amide bonds. The largest absolute Gasteiger partial charge is 0.392 e. The van der Waals surface area contributed by atoms with Gasteiger partial charge in [0.25, 0.3) is 0 Å². The van der Waals surface area contributed by atoms with E-state index in [1.165, 1.54) is 0 Å². The molecule has 1 heterocycles. The summed E-state index contributed by atoms with van der Waals surface area (Å²) in [5, 5.41) is 10.1. The molecule has 0 aromatic rings. The van der Waals surface area contributed by atoms with Gasteiger partial charge in [-0.05, 0) is 26.2 Å².